The van der Waals surface area contributed by atoms with E-state index in [0.717, 1.165) is 32.4 Å². The van der Waals surface area contributed by atoms with E-state index in [2.05, 4.69) is 10.3 Å². The van der Waals surface area contributed by atoms with Gasteiger partial charge in [0.1, 0.15) is 0 Å². The molecule has 0 radical (unpaired) electrons. The maximum atomic E-state index is 8.56. The third kappa shape index (κ3) is 29.7. The Kier molecular flexibility index (Phi) is 15.0. The monoisotopic (exact) mass is 290 g/mol. The highest BCUT2D eigenvalue weighted by atomic mass is 16.6. The van der Waals surface area contributed by atoms with Gasteiger partial charge in [0.05, 0.1) is 0 Å². The zero-order chi connectivity index (χ0) is 15.8. The second-order valence-corrected chi connectivity index (χ2v) is 4.05. The van der Waals surface area contributed by atoms with E-state index in [1.54, 1.807) is 0 Å². The maximum absolute atomic E-state index is 8.56. The molecule has 0 aromatic heterocycles. The van der Waals surface area contributed by atoms with Crippen LogP contribution in [0.2, 0.25) is 0 Å². The van der Waals surface area contributed by atoms with Crippen LogP contribution in [0.1, 0.15) is 38.5 Å². The average molecular weight is 290 g/mol. The first kappa shape index (κ1) is 20.1. The maximum Gasteiger partial charge on any atom is 0.503 e. The van der Waals surface area contributed by atoms with E-state index in [4.69, 9.17) is 37.6 Å². The molecule has 0 aliphatic heterocycles. The number of carboxylic acid groups (broad SMARTS) is 2. The van der Waals surface area contributed by atoms with Gasteiger partial charge >= 0.3 is 6.16 Å². The molecule has 0 rings (SSSR count). The van der Waals surface area contributed by atoms with Gasteiger partial charge in [0.15, 0.2) is 11.9 Å². The molecule has 10 N–H and O–H groups in total. The second kappa shape index (κ2) is 14.9. The topological polar surface area (TPSA) is 184 Å². The summed E-state index contributed by atoms with van der Waals surface area (Å²) in [6, 6.07) is 0. The van der Waals surface area contributed by atoms with E-state index >= 15 is 0 Å². The van der Waals surface area contributed by atoms with Crippen LogP contribution in [0.25, 0.3) is 0 Å². The van der Waals surface area contributed by atoms with Crippen LogP contribution >= 0.6 is 0 Å². The summed E-state index contributed by atoms with van der Waals surface area (Å²) in [6.07, 6.45) is 5.03. The van der Waals surface area contributed by atoms with Gasteiger partial charge in [0.2, 0.25) is 0 Å². The molecule has 20 heavy (non-hydrogen) atoms. The van der Waals surface area contributed by atoms with Gasteiger partial charge in [-0.1, -0.05) is 25.7 Å². The van der Waals surface area contributed by atoms with Crippen molar-refractivity contribution in [2.45, 2.75) is 38.5 Å². The highest BCUT2D eigenvalue weighted by Crippen LogP contribution is 2.04. The molecule has 0 atom stereocenters. The first-order valence-corrected chi connectivity index (χ1v) is 6.41. The van der Waals surface area contributed by atoms with Crippen LogP contribution in [0.4, 0.5) is 4.79 Å². The lowest BCUT2D eigenvalue weighted by molar-refractivity contribution is 0.137. The van der Waals surface area contributed by atoms with Gasteiger partial charge < -0.3 is 32.7 Å². The average Bonchev–Trinajstić information content (AvgIpc) is 2.30. The molecule has 0 aromatic rings. The van der Waals surface area contributed by atoms with Crippen molar-refractivity contribution in [3.05, 3.63) is 0 Å². The zero-order valence-electron chi connectivity index (χ0n) is 11.6. The molecular weight excluding hydrogens is 264 g/mol. The Bertz CT molecular complexity index is 288. The molecule has 0 saturated heterocycles. The molecule has 0 bridgehead atoms. The number of rotatable bonds is 9. The van der Waals surface area contributed by atoms with E-state index in [9.17, 15) is 0 Å². The molecule has 0 saturated carbocycles. The first-order chi connectivity index (χ1) is 9.36. The van der Waals surface area contributed by atoms with Gasteiger partial charge in [0.25, 0.3) is 0 Å². The predicted molar refractivity (Wildman–Crippen MR) is 78.9 cm³/mol. The Morgan fingerprint density at radius 2 is 1.45 bits per heavy atom. The first-order valence-electron chi connectivity index (χ1n) is 6.41. The van der Waals surface area contributed by atoms with E-state index in [-0.39, 0.29) is 11.9 Å². The zero-order valence-corrected chi connectivity index (χ0v) is 11.6. The van der Waals surface area contributed by atoms with Crippen molar-refractivity contribution in [2.24, 2.45) is 22.2 Å². The van der Waals surface area contributed by atoms with Gasteiger partial charge in [-0.25, -0.2) is 4.79 Å². The van der Waals surface area contributed by atoms with Crippen LogP contribution in [-0.4, -0.2) is 41.4 Å². The minimum atomic E-state index is -1.83. The number of nitrogens with one attached hydrogen (secondary N) is 2. The molecular formula is C11H26N6O3. The number of nitrogens with zero attached hydrogens (tertiary/aromatic N) is 1. The van der Waals surface area contributed by atoms with Crippen molar-refractivity contribution in [3.63, 3.8) is 0 Å². The second-order valence-electron chi connectivity index (χ2n) is 4.05. The lowest BCUT2D eigenvalue weighted by Crippen LogP contribution is -2.30. The van der Waals surface area contributed by atoms with Crippen LogP contribution in [0.5, 0.6) is 0 Å². The molecule has 0 aromatic carbocycles. The highest BCUT2D eigenvalue weighted by molar-refractivity contribution is 5.75. The number of unbranched alkanes of at least 4 members (excludes halogenated alkanes) is 5. The van der Waals surface area contributed by atoms with Gasteiger partial charge in [-0.2, -0.15) is 0 Å². The predicted octanol–water partition coefficient (Wildman–Crippen LogP) is 0.306. The van der Waals surface area contributed by atoms with Crippen molar-refractivity contribution < 1.29 is 15.0 Å². The highest BCUT2D eigenvalue weighted by Gasteiger charge is 1.92. The van der Waals surface area contributed by atoms with Crippen LogP contribution in [-0.2, 0) is 0 Å². The molecule has 0 heterocycles. The van der Waals surface area contributed by atoms with E-state index in [1.165, 1.54) is 19.3 Å². The fourth-order valence-electron chi connectivity index (χ4n) is 1.38. The quantitative estimate of drug-likeness (QED) is 0.181. The van der Waals surface area contributed by atoms with E-state index in [0.29, 0.717) is 0 Å². The van der Waals surface area contributed by atoms with Crippen molar-refractivity contribution in [1.29, 1.82) is 5.41 Å². The molecule has 0 aliphatic rings. The van der Waals surface area contributed by atoms with Crippen molar-refractivity contribution in [3.8, 4) is 0 Å². The third-order valence-corrected chi connectivity index (χ3v) is 2.19. The summed E-state index contributed by atoms with van der Waals surface area (Å²) in [5, 5.41) is 23.7. The van der Waals surface area contributed by atoms with Crippen molar-refractivity contribution >= 4 is 18.1 Å². The van der Waals surface area contributed by atoms with E-state index in [1.807, 2.05) is 0 Å². The lowest BCUT2D eigenvalue weighted by Gasteiger charge is -2.03. The fraction of sp³-hybridized carbons (Fsp3) is 0.727. The SMILES string of the molecule is N=C(N)NCCCCCCCCN=C(N)N.O=C(O)O. The van der Waals surface area contributed by atoms with Gasteiger partial charge in [-0.15, -0.1) is 0 Å². The molecule has 0 spiro atoms. The largest absolute Gasteiger partial charge is 0.503 e. The summed E-state index contributed by atoms with van der Waals surface area (Å²) in [6.45, 7) is 1.53. The van der Waals surface area contributed by atoms with Crippen LogP contribution in [0.15, 0.2) is 4.99 Å². The van der Waals surface area contributed by atoms with Crippen LogP contribution in [0, 0.1) is 5.41 Å². The third-order valence-electron chi connectivity index (χ3n) is 2.19. The van der Waals surface area contributed by atoms with Crippen molar-refractivity contribution in [1.82, 2.24) is 5.32 Å². The number of guanidine groups is 2. The molecule has 118 valence electrons. The smallest absolute Gasteiger partial charge is 0.450 e. The summed E-state index contributed by atoms with van der Waals surface area (Å²) < 4.78 is 0. The van der Waals surface area contributed by atoms with Crippen molar-refractivity contribution in [2.75, 3.05) is 13.1 Å². The lowest BCUT2D eigenvalue weighted by atomic mass is 10.1. The van der Waals surface area contributed by atoms with E-state index < -0.39 is 6.16 Å². The number of hydrogen-bond donors (Lipinski definition) is 7. The van der Waals surface area contributed by atoms with Gasteiger partial charge in [-0.05, 0) is 12.8 Å². The minimum Gasteiger partial charge on any atom is -0.450 e. The summed E-state index contributed by atoms with van der Waals surface area (Å²) in [7, 11) is 0. The summed E-state index contributed by atoms with van der Waals surface area (Å²) in [5.41, 5.74) is 15.6. The number of nitrogens with two attached hydrogens (primary N) is 3. The Morgan fingerprint density at radius 3 is 1.90 bits per heavy atom. The summed E-state index contributed by atoms with van der Waals surface area (Å²) in [4.78, 5) is 12.5. The number of aliphatic imine (C=N–C) groups is 1. The molecule has 0 amide bonds. The number of carbonyl (C=O) groups is 1. The fourth-order valence-corrected chi connectivity index (χ4v) is 1.38. The Balaban J connectivity index is 0. The van der Waals surface area contributed by atoms with Crippen LogP contribution < -0.4 is 22.5 Å². The Hall–Kier alpha value is -2.19. The molecule has 0 unspecified atom stereocenters. The number of hydrogen-bond acceptors (Lipinski definition) is 3. The minimum absolute atomic E-state index is 0.0530. The Morgan fingerprint density at radius 1 is 1.00 bits per heavy atom. The van der Waals surface area contributed by atoms with Crippen LogP contribution in [0.3, 0.4) is 0 Å². The standard InChI is InChI=1S/C10H24N6.CH2O3/c11-9(12)15-7-5-3-1-2-4-6-8-16-10(13)14;2-1(3)4/h1-8H2,(H4,11,12,15)(H4,13,14,16);(H2,2,3,4). The Labute approximate surface area is 118 Å². The molecule has 0 aliphatic carbocycles. The molecule has 9 nitrogen and oxygen atoms in total. The normalized spacial score (nSPS) is 9.00. The van der Waals surface area contributed by atoms with Gasteiger partial charge in [-0.3, -0.25) is 10.4 Å². The summed E-state index contributed by atoms with van der Waals surface area (Å²) in [5.74, 6) is 0.229. The van der Waals surface area contributed by atoms with Gasteiger partial charge in [0, 0.05) is 13.1 Å². The molecule has 0 fully saturated rings. The molecule has 9 heteroatoms. The summed E-state index contributed by atoms with van der Waals surface area (Å²) >= 11 is 0.